The van der Waals surface area contributed by atoms with Crippen LogP contribution in [0.1, 0.15) is 36.5 Å². The highest BCUT2D eigenvalue weighted by atomic mass is 16.4. The van der Waals surface area contributed by atoms with E-state index in [1.165, 1.54) is 0 Å². The van der Waals surface area contributed by atoms with Crippen molar-refractivity contribution < 1.29 is 9.21 Å². The van der Waals surface area contributed by atoms with Crippen molar-refractivity contribution in [3.63, 3.8) is 0 Å². The molecule has 2 fully saturated rings. The Morgan fingerprint density at radius 2 is 1.16 bits per heavy atom. The maximum absolute atomic E-state index is 12.4. The summed E-state index contributed by atoms with van der Waals surface area (Å²) in [6, 6.07) is 28.1. The largest absolute Gasteiger partial charge is 0.421 e. The molecule has 1 amide bonds. The van der Waals surface area contributed by atoms with Crippen molar-refractivity contribution >= 4 is 73.0 Å². The van der Waals surface area contributed by atoms with Gasteiger partial charge in [0, 0.05) is 57.0 Å². The van der Waals surface area contributed by atoms with Gasteiger partial charge >= 0.3 is 0 Å². The highest BCUT2D eigenvalue weighted by Gasteiger charge is 2.22. The Morgan fingerprint density at radius 1 is 0.623 bits per heavy atom. The summed E-state index contributed by atoms with van der Waals surface area (Å²) >= 11 is 0. The number of hydrogen-bond acceptors (Lipinski definition) is 13. The van der Waals surface area contributed by atoms with Crippen molar-refractivity contribution in [2.75, 3.05) is 76.3 Å². The third-order valence-corrected chi connectivity index (χ3v) is 11.6. The number of para-hydroxylation sites is 4. The number of hydrazine groups is 1. The molecule has 0 spiro atoms. The van der Waals surface area contributed by atoms with Crippen molar-refractivity contribution in [1.82, 2.24) is 54.2 Å². The first-order valence-corrected chi connectivity index (χ1v) is 20.4. The molecule has 0 aliphatic carbocycles. The van der Waals surface area contributed by atoms with E-state index >= 15 is 0 Å². The number of nitrogens with zero attached hydrogens (tertiary/aromatic N) is 12. The van der Waals surface area contributed by atoms with Gasteiger partial charge in [-0.1, -0.05) is 31.7 Å². The van der Waals surface area contributed by atoms with Crippen LogP contribution in [0.4, 0.5) is 11.6 Å². The Morgan fingerprint density at radius 3 is 1.72 bits per heavy atom. The molecule has 0 radical (unpaired) electrons. The van der Waals surface area contributed by atoms with Gasteiger partial charge in [-0.2, -0.15) is 0 Å². The highest BCUT2D eigenvalue weighted by molar-refractivity contribution is 6.05. The van der Waals surface area contributed by atoms with Gasteiger partial charge in [-0.25, -0.2) is 25.8 Å². The first kappa shape index (κ1) is 39.7. The third kappa shape index (κ3) is 7.32. The van der Waals surface area contributed by atoms with E-state index in [1.54, 1.807) is 6.92 Å². The molecule has 2 aromatic carbocycles. The molecule has 7 aromatic heterocycles. The summed E-state index contributed by atoms with van der Waals surface area (Å²) in [6.45, 7) is 9.96. The standard InChI is InChI=1S/C23H23N7O.C21H23N7O.CH4/c1-15-26-27-23(31-15)17-14-16-8-9-20(29-11-5-10-28(2)12-13-29)25-21(16)30-19-7-4-3-6-18(19)24-22(17)30;1-26-9-4-10-27(12-11-26)18-8-7-14-13-15(21(29)25-22)20-23-16-5-2-3-6-17(16)28(20)19(14)24-18;/h3-4,6-9,14H,5,10-13H2,1-2H3;2-3,5-8,13H,4,9-12,22H2,1H3,(H,25,29);1H4. The van der Waals surface area contributed by atoms with Crippen LogP contribution >= 0.6 is 0 Å². The first-order chi connectivity index (χ1) is 29.3. The first-order valence-electron chi connectivity index (χ1n) is 20.4. The van der Waals surface area contributed by atoms with Gasteiger partial charge in [0.15, 0.2) is 11.3 Å². The fourth-order valence-corrected chi connectivity index (χ4v) is 8.48. The van der Waals surface area contributed by atoms with Gasteiger partial charge < -0.3 is 24.0 Å². The minimum Gasteiger partial charge on any atom is -0.421 e. The van der Waals surface area contributed by atoms with E-state index in [9.17, 15) is 4.79 Å². The van der Waals surface area contributed by atoms with E-state index in [0.29, 0.717) is 23.0 Å². The van der Waals surface area contributed by atoms with Crippen LogP contribution in [-0.4, -0.2) is 121 Å². The minimum atomic E-state index is -0.369. The maximum atomic E-state index is 12.4. The summed E-state index contributed by atoms with van der Waals surface area (Å²) in [7, 11) is 4.34. The number of imidazole rings is 2. The maximum Gasteiger partial charge on any atom is 0.268 e. The van der Waals surface area contributed by atoms with Crippen molar-refractivity contribution in [2.24, 2.45) is 5.84 Å². The molecule has 3 N–H and O–H groups in total. The molecule has 312 valence electrons. The van der Waals surface area contributed by atoms with Gasteiger partial charge in [-0.05, 0) is 101 Å². The number of aromatic nitrogens is 8. The number of rotatable bonds is 4. The van der Waals surface area contributed by atoms with Crippen molar-refractivity contribution in [3.05, 3.63) is 96.4 Å². The number of carbonyl (C=O) groups is 1. The molecule has 11 rings (SSSR count). The number of fused-ring (bicyclic) bond motifs is 10. The zero-order valence-electron chi connectivity index (χ0n) is 33.9. The van der Waals surface area contributed by atoms with Crippen LogP contribution in [0.5, 0.6) is 0 Å². The van der Waals surface area contributed by atoms with Crippen molar-refractivity contribution in [3.8, 4) is 11.5 Å². The molecule has 0 saturated carbocycles. The third-order valence-electron chi connectivity index (χ3n) is 11.6. The summed E-state index contributed by atoms with van der Waals surface area (Å²) in [6.07, 6.45) is 2.24. The number of likely N-dealkylation sites (N-methyl/N-ethyl adjacent to an activating group) is 2. The topological polar surface area (TPSA) is 167 Å². The van der Waals surface area contributed by atoms with Crippen LogP contribution in [0.25, 0.3) is 66.9 Å². The van der Waals surface area contributed by atoms with Gasteiger partial charge in [0.1, 0.15) is 22.9 Å². The molecule has 2 aliphatic rings. The summed E-state index contributed by atoms with van der Waals surface area (Å²) < 4.78 is 9.84. The summed E-state index contributed by atoms with van der Waals surface area (Å²) in [5.74, 6) is 8.00. The number of hydrogen-bond donors (Lipinski definition) is 2. The Bertz CT molecular complexity index is 3060. The van der Waals surface area contributed by atoms with Crippen LogP contribution < -0.4 is 21.1 Å². The molecule has 61 heavy (non-hydrogen) atoms. The number of benzene rings is 2. The Labute approximate surface area is 352 Å². The summed E-state index contributed by atoms with van der Waals surface area (Å²) in [4.78, 5) is 41.5. The normalized spacial score (nSPS) is 15.6. The second kappa shape index (κ2) is 16.4. The summed E-state index contributed by atoms with van der Waals surface area (Å²) in [5, 5.41) is 10.1. The molecule has 2 aliphatic heterocycles. The number of nitrogens with one attached hydrogen (secondary N) is 1. The number of pyridine rings is 4. The van der Waals surface area contributed by atoms with E-state index in [1.807, 2.05) is 65.1 Å². The van der Waals surface area contributed by atoms with Crippen molar-refractivity contribution in [2.45, 2.75) is 27.2 Å². The Balaban J connectivity index is 0.000000154. The average Bonchev–Trinajstić information content (AvgIpc) is 3.90. The lowest BCUT2D eigenvalue weighted by Gasteiger charge is -2.22. The van der Waals surface area contributed by atoms with Crippen LogP contribution in [0, 0.1) is 6.92 Å². The SMILES string of the molecule is C.CN1CCCN(c2ccc3cc(C(=O)NN)c4nc5ccccc5n4c3n2)CC1.Cc1nnc(-c2cc3ccc(N4CCCN(C)CC4)nc3n3c2nc2ccccc23)o1. The molecular weight excluding hydrogens is 769 g/mol. The molecule has 9 heterocycles. The molecule has 0 atom stereocenters. The van der Waals surface area contributed by atoms with Crippen molar-refractivity contribution in [1.29, 1.82) is 0 Å². The van der Waals surface area contributed by atoms with Gasteiger partial charge in [0.25, 0.3) is 11.8 Å². The second-order valence-electron chi connectivity index (χ2n) is 15.7. The minimum absolute atomic E-state index is 0. The second-order valence-corrected chi connectivity index (χ2v) is 15.7. The van der Waals surface area contributed by atoms with E-state index in [2.05, 4.69) is 83.0 Å². The number of aryl methyl sites for hydroxylation is 1. The fourth-order valence-electron chi connectivity index (χ4n) is 8.48. The zero-order chi connectivity index (χ0) is 40.9. The smallest absolute Gasteiger partial charge is 0.268 e. The van der Waals surface area contributed by atoms with E-state index in [0.717, 1.165) is 132 Å². The predicted octanol–water partition coefficient (Wildman–Crippen LogP) is 5.95. The molecule has 0 unspecified atom stereocenters. The molecule has 9 aromatic rings. The van der Waals surface area contributed by atoms with Gasteiger partial charge in [0.05, 0.1) is 33.2 Å². The van der Waals surface area contributed by atoms with Crippen LogP contribution in [0.15, 0.2) is 89.3 Å². The van der Waals surface area contributed by atoms with E-state index in [-0.39, 0.29) is 13.3 Å². The van der Waals surface area contributed by atoms with E-state index in [4.69, 9.17) is 25.2 Å². The van der Waals surface area contributed by atoms with Gasteiger partial charge in [0.2, 0.25) is 5.89 Å². The molecule has 0 bridgehead atoms. The number of amides is 1. The summed E-state index contributed by atoms with van der Waals surface area (Å²) in [5.41, 5.74) is 10.1. The van der Waals surface area contributed by atoms with E-state index < -0.39 is 0 Å². The highest BCUT2D eigenvalue weighted by Crippen LogP contribution is 2.33. The number of anilines is 2. The number of nitrogens with two attached hydrogens (primary N) is 1. The average molecular weight is 819 g/mol. The molecule has 16 nitrogen and oxygen atoms in total. The molecule has 16 heteroatoms. The quantitative estimate of drug-likeness (QED) is 0.122. The lowest BCUT2D eigenvalue weighted by molar-refractivity contribution is 0.0955. The van der Waals surface area contributed by atoms with Gasteiger partial charge in [-0.15, -0.1) is 10.2 Å². The number of carbonyl (C=O) groups excluding carboxylic acids is 1. The van der Waals surface area contributed by atoms with Crippen LogP contribution in [0.2, 0.25) is 0 Å². The lowest BCUT2D eigenvalue weighted by atomic mass is 10.2. The van der Waals surface area contributed by atoms with Crippen LogP contribution in [0.3, 0.4) is 0 Å². The van der Waals surface area contributed by atoms with Crippen LogP contribution in [-0.2, 0) is 0 Å². The fraction of sp³-hybridized carbons (Fsp3) is 0.311. The number of nitrogen functional groups attached to an aromatic ring is 1. The molecule has 2 saturated heterocycles. The Kier molecular flexibility index (Phi) is 10.7. The monoisotopic (exact) mass is 818 g/mol. The predicted molar refractivity (Wildman–Crippen MR) is 241 cm³/mol. The Hall–Kier alpha value is -6.75. The zero-order valence-corrected chi connectivity index (χ0v) is 33.9. The lowest BCUT2D eigenvalue weighted by Crippen LogP contribution is -2.30. The van der Waals surface area contributed by atoms with Gasteiger partial charge in [-0.3, -0.25) is 19.0 Å². The molecular formula is C45H50N14O2.